The van der Waals surface area contributed by atoms with Gasteiger partial charge < -0.3 is 24.8 Å². The summed E-state index contributed by atoms with van der Waals surface area (Å²) in [5.41, 5.74) is 3.83. The third kappa shape index (κ3) is 9.55. The van der Waals surface area contributed by atoms with Gasteiger partial charge in [-0.05, 0) is 0 Å². The van der Waals surface area contributed by atoms with Gasteiger partial charge in [0.25, 0.3) is 0 Å². The van der Waals surface area contributed by atoms with Gasteiger partial charge >= 0.3 is 57.0 Å². The van der Waals surface area contributed by atoms with E-state index >= 15 is 0 Å². The molecule has 0 spiro atoms. The van der Waals surface area contributed by atoms with E-state index < -0.39 is 0 Å². The molecule has 20 heavy (non-hydrogen) atoms. The van der Waals surface area contributed by atoms with Crippen molar-refractivity contribution in [2.45, 2.75) is 39.5 Å². The maximum absolute atomic E-state index is 3.91. The Labute approximate surface area is 144 Å². The zero-order valence-corrected chi connectivity index (χ0v) is 14.9. The van der Waals surface area contributed by atoms with Crippen molar-refractivity contribution in [1.29, 1.82) is 0 Å². The van der Waals surface area contributed by atoms with Crippen molar-refractivity contribution in [1.82, 2.24) is 0 Å². The van der Waals surface area contributed by atoms with E-state index in [1.54, 1.807) is 0 Å². The summed E-state index contributed by atoms with van der Waals surface area (Å²) >= 11 is 2.19. The second-order valence-electron chi connectivity index (χ2n) is 4.38. The van der Waals surface area contributed by atoms with E-state index in [9.17, 15) is 0 Å². The number of allylic oxidation sites excluding steroid dienone is 4. The summed E-state index contributed by atoms with van der Waals surface area (Å²) in [6.07, 6.45) is 10.6. The van der Waals surface area contributed by atoms with Gasteiger partial charge in [0.1, 0.15) is 0 Å². The first-order valence-electron chi connectivity index (χ1n) is 6.45. The topological polar surface area (TPSA) is 12.4 Å². The van der Waals surface area contributed by atoms with Crippen molar-refractivity contribution in [3.63, 3.8) is 0 Å². The van der Waals surface area contributed by atoms with Crippen LogP contribution in [0.1, 0.15) is 39.5 Å². The van der Waals surface area contributed by atoms with E-state index in [-0.39, 0.29) is 24.8 Å². The first-order valence-corrected chi connectivity index (χ1v) is 7.07. The first kappa shape index (κ1) is 22.0. The van der Waals surface area contributed by atoms with Crippen LogP contribution in [-0.4, -0.2) is 0 Å². The van der Waals surface area contributed by atoms with Crippen molar-refractivity contribution in [3.8, 4) is 0 Å². The SMILES string of the molecule is CCCCC1=CCC(C)=[C-]1.[Cl-].[Cl-].[V+2]=[N]c1ccccc1. The monoisotopic (exact) mass is 347 g/mol. The molecule has 4 heteroatoms. The molecule has 0 atom stereocenters. The number of rotatable bonds is 4. The third-order valence-electron chi connectivity index (χ3n) is 2.70. The fraction of sp³-hybridized carbons (Fsp3) is 0.375. The van der Waals surface area contributed by atoms with Crippen molar-refractivity contribution < 1.29 is 42.0 Å². The summed E-state index contributed by atoms with van der Waals surface area (Å²) in [4.78, 5) is 0. The molecule has 0 unspecified atom stereocenters. The molecule has 109 valence electrons. The first-order chi connectivity index (χ1) is 8.76. The molecule has 0 heterocycles. The number of halogens is 2. The number of hydrogen-bond donors (Lipinski definition) is 0. The Hall–Kier alpha value is -0.336. The average Bonchev–Trinajstić information content (AvgIpc) is 2.84. The maximum atomic E-state index is 3.91. The van der Waals surface area contributed by atoms with E-state index in [0.29, 0.717) is 0 Å². The zero-order valence-electron chi connectivity index (χ0n) is 11.9. The summed E-state index contributed by atoms with van der Waals surface area (Å²) in [6, 6.07) is 9.82. The molecule has 0 N–H and O–H groups in total. The van der Waals surface area contributed by atoms with Gasteiger partial charge in [0.05, 0.1) is 0 Å². The van der Waals surface area contributed by atoms with Gasteiger partial charge in [-0.25, -0.2) is 17.7 Å². The van der Waals surface area contributed by atoms with Crippen molar-refractivity contribution in [2.24, 2.45) is 3.79 Å². The van der Waals surface area contributed by atoms with E-state index in [0.717, 1.165) is 12.1 Å². The Morgan fingerprint density at radius 2 is 1.85 bits per heavy atom. The fourth-order valence-electron chi connectivity index (χ4n) is 1.68. The Morgan fingerprint density at radius 1 is 1.20 bits per heavy atom. The summed E-state index contributed by atoms with van der Waals surface area (Å²) in [5, 5.41) is 0. The zero-order chi connectivity index (χ0) is 13.2. The molecule has 0 saturated carbocycles. The minimum atomic E-state index is 0. The molecule has 0 aliphatic heterocycles. The number of unbranched alkanes of at least 4 members (excludes halogenated alkanes) is 1. The van der Waals surface area contributed by atoms with Crippen LogP contribution in [0.4, 0.5) is 5.69 Å². The van der Waals surface area contributed by atoms with Crippen LogP contribution in [-0.2, 0) is 17.2 Å². The van der Waals surface area contributed by atoms with Crippen molar-refractivity contribution >= 4 is 5.69 Å². The molecule has 0 amide bonds. The number of hydrogen-bond acceptors (Lipinski definition) is 1. The molecule has 1 aromatic carbocycles. The van der Waals surface area contributed by atoms with Gasteiger partial charge in [0.15, 0.2) is 0 Å². The van der Waals surface area contributed by atoms with Crippen LogP contribution in [0.3, 0.4) is 0 Å². The second kappa shape index (κ2) is 13.6. The second-order valence-corrected chi connectivity index (χ2v) is 4.69. The van der Waals surface area contributed by atoms with Crippen LogP contribution in [0, 0.1) is 6.08 Å². The Morgan fingerprint density at radius 3 is 2.25 bits per heavy atom. The number of nitrogens with zero attached hydrogens (tertiary/aromatic N) is 1. The average molecular weight is 348 g/mol. The summed E-state index contributed by atoms with van der Waals surface area (Å²) in [5.74, 6) is 0. The molecule has 0 radical (unpaired) electrons. The van der Waals surface area contributed by atoms with Crippen molar-refractivity contribution in [3.05, 3.63) is 53.6 Å². The molecule has 0 aromatic heterocycles. The number of benzene rings is 1. The van der Waals surface area contributed by atoms with E-state index in [1.165, 1.54) is 30.4 Å². The van der Waals surface area contributed by atoms with Crippen LogP contribution in [0.5, 0.6) is 0 Å². The molecule has 1 aromatic rings. The van der Waals surface area contributed by atoms with Gasteiger partial charge in [-0.15, -0.1) is 0 Å². The van der Waals surface area contributed by atoms with E-state index in [4.69, 9.17) is 0 Å². The molecule has 1 aliphatic rings. The van der Waals surface area contributed by atoms with Crippen LogP contribution in [0.2, 0.25) is 0 Å². The Kier molecular flexibility index (Phi) is 15.0. The van der Waals surface area contributed by atoms with E-state index in [2.05, 4.69) is 47.0 Å². The summed E-state index contributed by atoms with van der Waals surface area (Å²) in [7, 11) is 0. The molecule has 0 saturated heterocycles. The molecule has 2 rings (SSSR count). The molecule has 0 bridgehead atoms. The molecule has 0 fully saturated rings. The normalized spacial score (nSPS) is 12.0. The molecule has 1 nitrogen and oxygen atoms in total. The standard InChI is InChI=1S/C10H15.C6H5N.2ClH.V/c1-3-4-5-10-7-6-9(2)8-10;7-6-4-2-1-3-5-6;;;/h7H,3-6H2,1-2H3;1-5H;2*1H;/q-1;;;;+2/p-2. The summed E-state index contributed by atoms with van der Waals surface area (Å²) in [6.45, 7) is 4.38. The predicted molar refractivity (Wildman–Crippen MR) is 73.2 cm³/mol. The predicted octanol–water partition coefficient (Wildman–Crippen LogP) is -0.687. The van der Waals surface area contributed by atoms with Gasteiger partial charge in [-0.2, -0.15) is 5.57 Å². The fourth-order valence-corrected chi connectivity index (χ4v) is 1.89. The van der Waals surface area contributed by atoms with Crippen LogP contribution in [0.15, 0.2) is 51.3 Å². The van der Waals surface area contributed by atoms with Crippen LogP contribution < -0.4 is 24.8 Å². The molecular weight excluding hydrogens is 328 g/mol. The Balaban J connectivity index is 0. The minimum absolute atomic E-state index is 0. The quantitative estimate of drug-likeness (QED) is 0.639. The van der Waals surface area contributed by atoms with Gasteiger partial charge in [0.2, 0.25) is 0 Å². The van der Waals surface area contributed by atoms with Gasteiger partial charge in [0, 0.05) is 0 Å². The van der Waals surface area contributed by atoms with Crippen LogP contribution >= 0.6 is 0 Å². The Bertz CT molecular complexity index is 427. The van der Waals surface area contributed by atoms with E-state index in [1.807, 2.05) is 30.3 Å². The molecule has 1 aliphatic carbocycles. The molecular formula is C16H20Cl2NV-. The summed E-state index contributed by atoms with van der Waals surface area (Å²) < 4.78 is 3.91. The van der Waals surface area contributed by atoms with Crippen molar-refractivity contribution in [2.75, 3.05) is 0 Å². The third-order valence-corrected chi connectivity index (χ3v) is 3.06. The van der Waals surface area contributed by atoms with Gasteiger partial charge in [-0.3, -0.25) is 0 Å². The van der Waals surface area contributed by atoms with Gasteiger partial charge in [-0.1, -0.05) is 39.5 Å². The van der Waals surface area contributed by atoms with Crippen LogP contribution in [0.25, 0.3) is 0 Å².